The largest absolute Gasteiger partial charge is 0.496 e. The number of nitrogens with one attached hydrogen (secondary N) is 2. The van der Waals surface area contributed by atoms with Crippen molar-refractivity contribution in [3.05, 3.63) is 77.6 Å². The van der Waals surface area contributed by atoms with Crippen LogP contribution < -0.4 is 15.4 Å². The van der Waals surface area contributed by atoms with Crippen molar-refractivity contribution in [3.63, 3.8) is 0 Å². The molecule has 1 fully saturated rings. The van der Waals surface area contributed by atoms with Gasteiger partial charge in [-0.2, -0.15) is 0 Å². The highest BCUT2D eigenvalue weighted by molar-refractivity contribution is 6.09. The molecule has 1 saturated heterocycles. The predicted molar refractivity (Wildman–Crippen MR) is 116 cm³/mol. The van der Waals surface area contributed by atoms with Gasteiger partial charge in [-0.25, -0.2) is 9.18 Å². The smallest absolute Gasteiger partial charge is 0.325 e. The number of methoxy groups -OCH3 is 1. The molecule has 0 saturated carbocycles. The molecule has 0 aromatic heterocycles. The fraction of sp³-hybridized carbons (Fsp3) is 0.208. The average molecular weight is 435 g/mol. The maximum absolute atomic E-state index is 13.3. The summed E-state index contributed by atoms with van der Waals surface area (Å²) in [6.45, 7) is 1.26. The third-order valence-corrected chi connectivity index (χ3v) is 5.68. The molecule has 1 atom stereocenters. The topological polar surface area (TPSA) is 87.7 Å². The van der Waals surface area contributed by atoms with Crippen LogP contribution in [0.4, 0.5) is 9.18 Å². The van der Waals surface area contributed by atoms with E-state index in [9.17, 15) is 18.8 Å². The average Bonchev–Trinajstić information content (AvgIpc) is 3.01. The molecule has 164 valence electrons. The maximum atomic E-state index is 13.3. The first-order valence-electron chi connectivity index (χ1n) is 10.0. The number of hydrogen-bond acceptors (Lipinski definition) is 4. The van der Waals surface area contributed by atoms with Crippen LogP contribution in [0, 0.1) is 5.82 Å². The number of imide groups is 1. The number of benzene rings is 3. The first-order valence-corrected chi connectivity index (χ1v) is 10.0. The fourth-order valence-corrected chi connectivity index (χ4v) is 3.90. The molecular formula is C24H22FN3O4. The molecule has 0 radical (unpaired) electrons. The van der Waals surface area contributed by atoms with Gasteiger partial charge in [-0.05, 0) is 41.5 Å². The standard InChI is InChI=1S/C24H22FN3O4/c1-24(16-8-10-17(25)11-9-16)22(30)28(23(31)27-24)14-21(29)26-13-19-18-6-4-3-5-15(18)7-12-20(19)32-2/h3-12H,13-14H2,1-2H3,(H,26,29)(H,27,31). The summed E-state index contributed by atoms with van der Waals surface area (Å²) >= 11 is 0. The zero-order valence-electron chi connectivity index (χ0n) is 17.6. The Labute approximate surface area is 184 Å². The van der Waals surface area contributed by atoms with Crippen molar-refractivity contribution < 1.29 is 23.5 Å². The molecule has 1 unspecified atom stereocenters. The zero-order valence-corrected chi connectivity index (χ0v) is 17.6. The Balaban J connectivity index is 1.48. The number of rotatable bonds is 6. The molecule has 4 rings (SSSR count). The van der Waals surface area contributed by atoms with Crippen LogP contribution >= 0.6 is 0 Å². The van der Waals surface area contributed by atoms with Crippen molar-refractivity contribution in [1.29, 1.82) is 0 Å². The van der Waals surface area contributed by atoms with Crippen LogP contribution in [0.2, 0.25) is 0 Å². The number of ether oxygens (including phenoxy) is 1. The summed E-state index contributed by atoms with van der Waals surface area (Å²) in [4.78, 5) is 38.9. The van der Waals surface area contributed by atoms with E-state index < -0.39 is 35.7 Å². The van der Waals surface area contributed by atoms with Gasteiger partial charge in [0.1, 0.15) is 23.7 Å². The van der Waals surface area contributed by atoms with Gasteiger partial charge in [0.2, 0.25) is 5.91 Å². The minimum Gasteiger partial charge on any atom is -0.496 e. The Morgan fingerprint density at radius 1 is 1.09 bits per heavy atom. The molecule has 7 nitrogen and oxygen atoms in total. The van der Waals surface area contributed by atoms with Crippen LogP contribution in [0.15, 0.2) is 60.7 Å². The number of hydrogen-bond donors (Lipinski definition) is 2. The summed E-state index contributed by atoms with van der Waals surface area (Å²) in [6, 6.07) is 16.1. The second kappa shape index (κ2) is 8.30. The molecule has 32 heavy (non-hydrogen) atoms. The number of fused-ring (bicyclic) bond motifs is 1. The van der Waals surface area contributed by atoms with Crippen molar-refractivity contribution in [2.24, 2.45) is 0 Å². The van der Waals surface area contributed by atoms with E-state index in [1.165, 1.54) is 31.2 Å². The molecule has 1 aliphatic rings. The van der Waals surface area contributed by atoms with E-state index in [-0.39, 0.29) is 6.54 Å². The van der Waals surface area contributed by atoms with Gasteiger partial charge < -0.3 is 15.4 Å². The van der Waals surface area contributed by atoms with Gasteiger partial charge in [0.25, 0.3) is 5.91 Å². The summed E-state index contributed by atoms with van der Waals surface area (Å²) in [5.41, 5.74) is -0.142. The summed E-state index contributed by atoms with van der Waals surface area (Å²) in [5, 5.41) is 7.31. The van der Waals surface area contributed by atoms with Gasteiger partial charge in [-0.3, -0.25) is 14.5 Å². The van der Waals surface area contributed by atoms with E-state index in [0.717, 1.165) is 21.2 Å². The second-order valence-electron chi connectivity index (χ2n) is 7.70. The highest BCUT2D eigenvalue weighted by Gasteiger charge is 2.49. The molecule has 4 amide bonds. The number of amides is 4. The lowest BCUT2D eigenvalue weighted by atomic mass is 9.92. The highest BCUT2D eigenvalue weighted by atomic mass is 19.1. The molecule has 2 N–H and O–H groups in total. The van der Waals surface area contributed by atoms with Crippen LogP contribution in [0.25, 0.3) is 10.8 Å². The molecule has 1 heterocycles. The highest BCUT2D eigenvalue weighted by Crippen LogP contribution is 2.29. The molecule has 3 aromatic carbocycles. The van der Waals surface area contributed by atoms with Gasteiger partial charge >= 0.3 is 6.03 Å². The number of carbonyl (C=O) groups excluding carboxylic acids is 3. The van der Waals surface area contributed by atoms with Gasteiger partial charge in [0.15, 0.2) is 0 Å². The quantitative estimate of drug-likeness (QED) is 0.583. The Morgan fingerprint density at radius 3 is 2.53 bits per heavy atom. The summed E-state index contributed by atoms with van der Waals surface area (Å²) in [6.07, 6.45) is 0. The molecule has 3 aromatic rings. The number of nitrogens with zero attached hydrogens (tertiary/aromatic N) is 1. The predicted octanol–water partition coefficient (Wildman–Crippen LogP) is 3.07. The Hall–Kier alpha value is -3.94. The maximum Gasteiger partial charge on any atom is 0.325 e. The second-order valence-corrected chi connectivity index (χ2v) is 7.70. The lowest BCUT2D eigenvalue weighted by molar-refractivity contribution is -0.134. The zero-order chi connectivity index (χ0) is 22.9. The van der Waals surface area contributed by atoms with Gasteiger partial charge in [0.05, 0.1) is 7.11 Å². The minimum absolute atomic E-state index is 0.169. The van der Waals surface area contributed by atoms with Crippen molar-refractivity contribution in [3.8, 4) is 5.75 Å². The summed E-state index contributed by atoms with van der Waals surface area (Å²) in [7, 11) is 1.55. The van der Waals surface area contributed by atoms with Crippen molar-refractivity contribution in [2.75, 3.05) is 13.7 Å². The van der Waals surface area contributed by atoms with E-state index in [1.54, 1.807) is 7.11 Å². The van der Waals surface area contributed by atoms with Crippen LogP contribution in [0.3, 0.4) is 0 Å². The van der Waals surface area contributed by atoms with Crippen LogP contribution in [0.1, 0.15) is 18.1 Å². The molecule has 8 heteroatoms. The first kappa shape index (κ1) is 21.3. The van der Waals surface area contributed by atoms with E-state index in [4.69, 9.17) is 4.74 Å². The van der Waals surface area contributed by atoms with E-state index in [2.05, 4.69) is 10.6 Å². The van der Waals surface area contributed by atoms with Gasteiger partial charge in [-0.1, -0.05) is 42.5 Å². The summed E-state index contributed by atoms with van der Waals surface area (Å²) < 4.78 is 18.7. The SMILES string of the molecule is COc1ccc2ccccc2c1CNC(=O)CN1C(=O)NC(C)(c2ccc(F)cc2)C1=O. The van der Waals surface area contributed by atoms with E-state index in [1.807, 2.05) is 36.4 Å². The molecular weight excluding hydrogens is 413 g/mol. The normalized spacial score (nSPS) is 18.0. The number of halogens is 1. The van der Waals surface area contributed by atoms with Crippen molar-refractivity contribution >= 4 is 28.6 Å². The fourth-order valence-electron chi connectivity index (χ4n) is 3.90. The lowest BCUT2D eigenvalue weighted by Crippen LogP contribution is -2.43. The van der Waals surface area contributed by atoms with E-state index >= 15 is 0 Å². The van der Waals surface area contributed by atoms with Gasteiger partial charge in [0, 0.05) is 12.1 Å². The van der Waals surface area contributed by atoms with Crippen molar-refractivity contribution in [2.45, 2.75) is 19.0 Å². The molecule has 0 bridgehead atoms. The third kappa shape index (κ3) is 3.75. The Morgan fingerprint density at radius 2 is 1.81 bits per heavy atom. The van der Waals surface area contributed by atoms with E-state index in [0.29, 0.717) is 11.3 Å². The van der Waals surface area contributed by atoms with Crippen LogP contribution in [-0.4, -0.2) is 36.4 Å². The minimum atomic E-state index is -1.37. The van der Waals surface area contributed by atoms with Crippen LogP contribution in [-0.2, 0) is 21.7 Å². The van der Waals surface area contributed by atoms with Gasteiger partial charge in [-0.15, -0.1) is 0 Å². The van der Waals surface area contributed by atoms with Crippen molar-refractivity contribution in [1.82, 2.24) is 15.5 Å². The Bertz CT molecular complexity index is 1210. The molecule has 1 aliphatic heterocycles. The van der Waals surface area contributed by atoms with Crippen LogP contribution in [0.5, 0.6) is 5.75 Å². The third-order valence-electron chi connectivity index (χ3n) is 5.68. The first-order chi connectivity index (χ1) is 15.3. The Kier molecular flexibility index (Phi) is 5.52. The monoisotopic (exact) mass is 435 g/mol. The summed E-state index contributed by atoms with van der Waals surface area (Å²) in [5.74, 6) is -0.893. The number of urea groups is 1. The molecule has 0 aliphatic carbocycles. The lowest BCUT2D eigenvalue weighted by Gasteiger charge is -2.22. The molecule has 0 spiro atoms. The number of carbonyl (C=O) groups is 3.